The third-order valence-corrected chi connectivity index (χ3v) is 4.45. The number of nitrogens with one attached hydrogen (secondary N) is 2. The highest BCUT2D eigenvalue weighted by molar-refractivity contribution is 9.10. The Bertz CT molecular complexity index is 840. The van der Waals surface area contributed by atoms with Gasteiger partial charge in [-0.1, -0.05) is 44.5 Å². The van der Waals surface area contributed by atoms with Crippen LogP contribution in [0.5, 0.6) is 0 Å². The van der Waals surface area contributed by atoms with E-state index in [2.05, 4.69) is 26.6 Å². The molecule has 2 aromatic rings. The van der Waals surface area contributed by atoms with Crippen LogP contribution in [0.2, 0.25) is 5.02 Å². The van der Waals surface area contributed by atoms with Gasteiger partial charge in [0.2, 0.25) is 0 Å². The van der Waals surface area contributed by atoms with Crippen molar-refractivity contribution in [2.75, 3.05) is 10.6 Å². The lowest BCUT2D eigenvalue weighted by atomic mass is 9.90. The zero-order valence-corrected chi connectivity index (χ0v) is 17.1. The van der Waals surface area contributed by atoms with Crippen molar-refractivity contribution in [1.29, 1.82) is 0 Å². The second kappa shape index (κ2) is 8.52. The van der Waals surface area contributed by atoms with Crippen molar-refractivity contribution in [1.82, 2.24) is 0 Å². The quantitative estimate of drug-likeness (QED) is 0.596. The first-order valence-corrected chi connectivity index (χ1v) is 9.18. The number of para-hydroxylation sites is 1. The zero-order chi connectivity index (χ0) is 19.3. The first kappa shape index (κ1) is 20.2. The van der Waals surface area contributed by atoms with Crippen molar-refractivity contribution in [3.05, 3.63) is 69.8 Å². The van der Waals surface area contributed by atoms with Crippen LogP contribution in [0.15, 0.2) is 64.8 Å². The van der Waals surface area contributed by atoms with Gasteiger partial charge in [0.25, 0.3) is 5.91 Å². The molecule has 0 radical (unpaired) electrons. The number of rotatable bonds is 5. The van der Waals surface area contributed by atoms with Gasteiger partial charge in [0.15, 0.2) is 5.78 Å². The molecule has 136 valence electrons. The zero-order valence-electron chi connectivity index (χ0n) is 14.8. The Morgan fingerprint density at radius 3 is 2.19 bits per heavy atom. The van der Waals surface area contributed by atoms with E-state index in [9.17, 15) is 9.59 Å². The van der Waals surface area contributed by atoms with Crippen molar-refractivity contribution in [3.8, 4) is 0 Å². The van der Waals surface area contributed by atoms with Crippen LogP contribution in [0.4, 0.5) is 11.4 Å². The molecule has 0 unspecified atom stereocenters. The Labute approximate surface area is 166 Å². The molecule has 0 saturated heterocycles. The molecule has 2 aromatic carbocycles. The van der Waals surface area contributed by atoms with Crippen LogP contribution in [0.1, 0.15) is 20.8 Å². The van der Waals surface area contributed by atoms with Gasteiger partial charge < -0.3 is 10.6 Å². The number of amides is 1. The van der Waals surface area contributed by atoms with E-state index in [-0.39, 0.29) is 11.5 Å². The van der Waals surface area contributed by atoms with Crippen LogP contribution in [0, 0.1) is 5.41 Å². The number of anilines is 2. The molecular weight excluding hydrogens is 416 g/mol. The van der Waals surface area contributed by atoms with Crippen molar-refractivity contribution < 1.29 is 9.59 Å². The van der Waals surface area contributed by atoms with Crippen molar-refractivity contribution in [2.45, 2.75) is 20.8 Å². The van der Waals surface area contributed by atoms with Gasteiger partial charge in [-0.05, 0) is 52.3 Å². The van der Waals surface area contributed by atoms with Gasteiger partial charge in [0, 0.05) is 26.7 Å². The predicted octanol–water partition coefficient (Wildman–Crippen LogP) is 5.65. The topological polar surface area (TPSA) is 58.2 Å². The highest BCUT2D eigenvalue weighted by atomic mass is 79.9. The van der Waals surface area contributed by atoms with Gasteiger partial charge in [-0.15, -0.1) is 0 Å². The molecule has 2 N–H and O–H groups in total. The summed E-state index contributed by atoms with van der Waals surface area (Å²) in [5.74, 6) is -0.570. The third kappa shape index (κ3) is 5.71. The van der Waals surface area contributed by atoms with E-state index in [1.165, 1.54) is 6.08 Å². The number of benzene rings is 2. The molecule has 0 bridgehead atoms. The minimum absolute atomic E-state index is 0.154. The van der Waals surface area contributed by atoms with E-state index >= 15 is 0 Å². The molecule has 4 nitrogen and oxygen atoms in total. The average Bonchev–Trinajstić information content (AvgIpc) is 2.57. The number of allylic oxidation sites excluding steroid dienone is 1. The summed E-state index contributed by atoms with van der Waals surface area (Å²) >= 11 is 9.30. The molecule has 0 spiro atoms. The standard InChI is InChI=1S/C20H20BrClN2O2/c1-20(2,3)18(25)12-17(24-16-7-5-4-6-15(16)21)19(26)23-14-10-8-13(22)9-11-14/h4-12,24H,1-3H3,(H,23,26). The van der Waals surface area contributed by atoms with Crippen LogP contribution in [-0.4, -0.2) is 11.7 Å². The monoisotopic (exact) mass is 434 g/mol. The van der Waals surface area contributed by atoms with E-state index in [4.69, 9.17) is 11.6 Å². The molecule has 26 heavy (non-hydrogen) atoms. The summed E-state index contributed by atoms with van der Waals surface area (Å²) in [6, 6.07) is 14.1. The molecule has 0 heterocycles. The van der Waals surface area contributed by atoms with Crippen molar-refractivity contribution in [2.24, 2.45) is 5.41 Å². The van der Waals surface area contributed by atoms with E-state index in [0.29, 0.717) is 16.4 Å². The van der Waals surface area contributed by atoms with Crippen LogP contribution >= 0.6 is 27.5 Å². The molecule has 6 heteroatoms. The molecule has 0 aliphatic carbocycles. The van der Waals surface area contributed by atoms with E-state index in [0.717, 1.165) is 4.47 Å². The molecule has 0 saturated carbocycles. The van der Waals surface area contributed by atoms with Gasteiger partial charge in [-0.3, -0.25) is 9.59 Å². The summed E-state index contributed by atoms with van der Waals surface area (Å²) < 4.78 is 0.786. The number of hydrogen-bond acceptors (Lipinski definition) is 3. The molecule has 0 aromatic heterocycles. The highest BCUT2D eigenvalue weighted by Crippen LogP contribution is 2.24. The van der Waals surface area contributed by atoms with Crippen LogP contribution in [0.3, 0.4) is 0 Å². The van der Waals surface area contributed by atoms with Crippen LogP contribution in [0.25, 0.3) is 0 Å². The first-order valence-electron chi connectivity index (χ1n) is 8.01. The molecule has 0 aliphatic heterocycles. The summed E-state index contributed by atoms with van der Waals surface area (Å²) in [5, 5.41) is 6.38. The minimum Gasteiger partial charge on any atom is -0.350 e. The Balaban J connectivity index is 2.31. The van der Waals surface area contributed by atoms with Crippen molar-refractivity contribution in [3.63, 3.8) is 0 Å². The normalized spacial score (nSPS) is 11.8. The van der Waals surface area contributed by atoms with Gasteiger partial charge >= 0.3 is 0 Å². The maximum Gasteiger partial charge on any atom is 0.272 e. The Kier molecular flexibility index (Phi) is 6.62. The molecule has 0 fully saturated rings. The maximum atomic E-state index is 12.7. The van der Waals surface area contributed by atoms with Gasteiger partial charge in [-0.25, -0.2) is 0 Å². The minimum atomic E-state index is -0.596. The number of carbonyl (C=O) groups excluding carboxylic acids is 2. The van der Waals surface area contributed by atoms with Gasteiger partial charge in [-0.2, -0.15) is 0 Å². The Hall–Kier alpha value is -2.11. The summed E-state index contributed by atoms with van der Waals surface area (Å²) in [4.78, 5) is 25.2. The van der Waals surface area contributed by atoms with E-state index in [1.807, 2.05) is 24.3 Å². The number of carbonyl (C=O) groups is 2. The van der Waals surface area contributed by atoms with Crippen LogP contribution < -0.4 is 10.6 Å². The molecule has 0 aliphatic rings. The number of ketones is 1. The van der Waals surface area contributed by atoms with Gasteiger partial charge in [0.05, 0.1) is 5.69 Å². The fourth-order valence-electron chi connectivity index (χ4n) is 1.95. The summed E-state index contributed by atoms with van der Waals surface area (Å²) in [6.07, 6.45) is 1.34. The molecular formula is C20H20BrClN2O2. The smallest absolute Gasteiger partial charge is 0.272 e. The second-order valence-corrected chi connectivity index (χ2v) is 8.03. The average molecular weight is 436 g/mol. The molecule has 1 amide bonds. The molecule has 2 rings (SSSR count). The van der Waals surface area contributed by atoms with Crippen molar-refractivity contribution >= 4 is 50.6 Å². The lowest BCUT2D eigenvalue weighted by Gasteiger charge is -2.17. The summed E-state index contributed by atoms with van der Waals surface area (Å²) in [5.41, 5.74) is 0.836. The fourth-order valence-corrected chi connectivity index (χ4v) is 2.46. The molecule has 0 atom stereocenters. The second-order valence-electron chi connectivity index (χ2n) is 6.74. The summed E-state index contributed by atoms with van der Waals surface area (Å²) in [7, 11) is 0. The number of halogens is 2. The third-order valence-electron chi connectivity index (χ3n) is 3.50. The SMILES string of the molecule is CC(C)(C)C(=O)C=C(Nc1ccccc1Br)C(=O)Nc1ccc(Cl)cc1. The largest absolute Gasteiger partial charge is 0.350 e. The van der Waals surface area contributed by atoms with Gasteiger partial charge in [0.1, 0.15) is 5.70 Å². The fraction of sp³-hybridized carbons (Fsp3) is 0.200. The first-order chi connectivity index (χ1) is 12.2. The Morgan fingerprint density at radius 2 is 1.62 bits per heavy atom. The van der Waals surface area contributed by atoms with Crippen LogP contribution in [-0.2, 0) is 9.59 Å². The summed E-state index contributed by atoms with van der Waals surface area (Å²) in [6.45, 7) is 5.41. The van der Waals surface area contributed by atoms with E-state index in [1.54, 1.807) is 45.0 Å². The predicted molar refractivity (Wildman–Crippen MR) is 110 cm³/mol. The lowest BCUT2D eigenvalue weighted by Crippen LogP contribution is -2.24. The maximum absolute atomic E-state index is 12.7. The van der Waals surface area contributed by atoms with E-state index < -0.39 is 11.3 Å². The Morgan fingerprint density at radius 1 is 1.00 bits per heavy atom. The lowest BCUT2D eigenvalue weighted by molar-refractivity contribution is -0.122. The highest BCUT2D eigenvalue weighted by Gasteiger charge is 2.22. The number of hydrogen-bond donors (Lipinski definition) is 2.